The second-order valence-electron chi connectivity index (χ2n) is 10.1. The summed E-state index contributed by atoms with van der Waals surface area (Å²) in [6.07, 6.45) is 5.03. The maximum absolute atomic E-state index is 11.8. The summed E-state index contributed by atoms with van der Waals surface area (Å²) < 4.78 is 12.1. The Morgan fingerprint density at radius 2 is 1.91 bits per heavy atom. The third-order valence-electron chi connectivity index (χ3n) is 7.78. The number of ether oxygens (including phenoxy) is 2. The Morgan fingerprint density at radius 1 is 1.25 bits per heavy atom. The van der Waals surface area contributed by atoms with Gasteiger partial charge in [0, 0.05) is 30.8 Å². The molecule has 3 fully saturated rings. The van der Waals surface area contributed by atoms with Crippen LogP contribution in [0.3, 0.4) is 0 Å². The second kappa shape index (κ2) is 9.02. The van der Waals surface area contributed by atoms with Crippen LogP contribution >= 0.6 is 0 Å². The average Bonchev–Trinajstić information content (AvgIpc) is 3.68. The molecule has 0 aromatic heterocycles. The van der Waals surface area contributed by atoms with Crippen molar-refractivity contribution in [3.8, 4) is 11.5 Å². The average molecular weight is 446 g/mol. The topological polar surface area (TPSA) is 96.3 Å². The van der Waals surface area contributed by atoms with Gasteiger partial charge in [0.05, 0.1) is 13.2 Å². The number of rotatable bonds is 11. The lowest BCUT2D eigenvalue weighted by atomic mass is 9.72. The van der Waals surface area contributed by atoms with E-state index in [-0.39, 0.29) is 18.4 Å². The van der Waals surface area contributed by atoms with Crippen LogP contribution in [0.4, 0.5) is 0 Å². The first-order valence-corrected chi connectivity index (χ1v) is 11.7. The van der Waals surface area contributed by atoms with Crippen molar-refractivity contribution in [2.24, 2.45) is 17.3 Å². The van der Waals surface area contributed by atoms with E-state index in [1.165, 1.54) is 25.7 Å². The lowest BCUT2D eigenvalue weighted by Crippen LogP contribution is -2.42. The zero-order chi connectivity index (χ0) is 23.0. The van der Waals surface area contributed by atoms with Gasteiger partial charge in [0.25, 0.3) is 0 Å². The van der Waals surface area contributed by atoms with E-state index in [0.717, 1.165) is 11.3 Å². The molecule has 7 heteroatoms. The van der Waals surface area contributed by atoms with Crippen LogP contribution in [-0.4, -0.2) is 65.8 Å². The fourth-order valence-corrected chi connectivity index (χ4v) is 5.28. The fourth-order valence-electron chi connectivity index (χ4n) is 5.28. The van der Waals surface area contributed by atoms with Crippen LogP contribution in [0.15, 0.2) is 18.2 Å². The van der Waals surface area contributed by atoms with Crippen LogP contribution < -0.4 is 9.47 Å². The molecule has 7 nitrogen and oxygen atoms in total. The Balaban J connectivity index is 1.64. The van der Waals surface area contributed by atoms with Crippen LogP contribution in [0.1, 0.15) is 57.4 Å². The molecule has 1 aliphatic heterocycles. The van der Waals surface area contributed by atoms with E-state index < -0.39 is 23.5 Å². The standard InChI is InChI=1S/C25H35NO6/c1-15(28)25(2)14-26(20(10-11-27)24(29)30)13-19(25)18-8-9-21(31-3)22(12-18)32-23(16-4-5-16)17-6-7-17/h8-9,11-12,15-17,19-20,23,28H,4-7,10,13-14H2,1-3H3,(H,29,30)/t15-,19+,20?,25+/m1/s1. The summed E-state index contributed by atoms with van der Waals surface area (Å²) >= 11 is 0. The largest absolute Gasteiger partial charge is 0.493 e. The molecule has 3 aliphatic rings. The van der Waals surface area contributed by atoms with Gasteiger partial charge in [0.1, 0.15) is 18.4 Å². The number of benzene rings is 1. The van der Waals surface area contributed by atoms with Crippen LogP contribution in [0.5, 0.6) is 11.5 Å². The summed E-state index contributed by atoms with van der Waals surface area (Å²) in [7, 11) is 1.64. The number of nitrogens with zero attached hydrogens (tertiary/aromatic N) is 1. The summed E-state index contributed by atoms with van der Waals surface area (Å²) in [6, 6.07) is 5.02. The zero-order valence-electron chi connectivity index (χ0n) is 19.2. The third kappa shape index (κ3) is 4.50. The molecule has 1 unspecified atom stereocenters. The lowest BCUT2D eigenvalue weighted by Gasteiger charge is -2.34. The van der Waals surface area contributed by atoms with E-state index in [1.807, 2.05) is 30.0 Å². The molecular weight excluding hydrogens is 410 g/mol. The summed E-state index contributed by atoms with van der Waals surface area (Å²) in [6.45, 7) is 4.59. The number of methoxy groups -OCH3 is 1. The van der Waals surface area contributed by atoms with Crippen LogP contribution in [0.2, 0.25) is 0 Å². The zero-order valence-corrected chi connectivity index (χ0v) is 19.2. The molecule has 2 N–H and O–H groups in total. The number of carbonyl (C=O) groups excluding carboxylic acids is 1. The normalized spacial score (nSPS) is 27.8. The van der Waals surface area contributed by atoms with E-state index in [9.17, 15) is 19.8 Å². The first-order chi connectivity index (χ1) is 15.3. The van der Waals surface area contributed by atoms with Crippen molar-refractivity contribution in [1.29, 1.82) is 0 Å². The fraction of sp³-hybridized carbons (Fsp3) is 0.680. The molecule has 2 aliphatic carbocycles. The highest BCUT2D eigenvalue weighted by atomic mass is 16.5. The van der Waals surface area contributed by atoms with Crippen molar-refractivity contribution in [1.82, 2.24) is 4.90 Å². The van der Waals surface area contributed by atoms with Crippen LogP contribution in [-0.2, 0) is 9.59 Å². The van der Waals surface area contributed by atoms with Gasteiger partial charge in [-0.05, 0) is 62.1 Å². The second-order valence-corrected chi connectivity index (χ2v) is 10.1. The predicted molar refractivity (Wildman–Crippen MR) is 119 cm³/mol. The number of likely N-dealkylation sites (tertiary alicyclic amines) is 1. The number of hydrogen-bond acceptors (Lipinski definition) is 6. The van der Waals surface area contributed by atoms with Gasteiger partial charge in [0.15, 0.2) is 11.5 Å². The number of aliphatic hydroxyl groups excluding tert-OH is 1. The van der Waals surface area contributed by atoms with Crippen LogP contribution in [0, 0.1) is 17.3 Å². The van der Waals surface area contributed by atoms with Gasteiger partial charge in [-0.1, -0.05) is 13.0 Å². The van der Waals surface area contributed by atoms with Gasteiger partial charge in [-0.2, -0.15) is 0 Å². The van der Waals surface area contributed by atoms with E-state index in [1.54, 1.807) is 14.0 Å². The first-order valence-electron chi connectivity index (χ1n) is 11.7. The van der Waals surface area contributed by atoms with Crippen LogP contribution in [0.25, 0.3) is 0 Å². The van der Waals surface area contributed by atoms with Gasteiger partial charge in [-0.3, -0.25) is 9.69 Å². The van der Waals surface area contributed by atoms with Gasteiger partial charge < -0.3 is 24.5 Å². The minimum Gasteiger partial charge on any atom is -0.493 e. The molecule has 1 saturated heterocycles. The predicted octanol–water partition coefficient (Wildman–Crippen LogP) is 3.09. The van der Waals surface area contributed by atoms with E-state index >= 15 is 0 Å². The molecule has 1 aromatic carbocycles. The Hall–Kier alpha value is -2.12. The Morgan fingerprint density at radius 3 is 2.41 bits per heavy atom. The summed E-state index contributed by atoms with van der Waals surface area (Å²) in [5.41, 5.74) is 0.432. The van der Waals surface area contributed by atoms with Crippen molar-refractivity contribution in [3.05, 3.63) is 23.8 Å². The highest BCUT2D eigenvalue weighted by Gasteiger charge is 2.50. The summed E-state index contributed by atoms with van der Waals surface area (Å²) in [5.74, 6) is 1.55. The minimum absolute atomic E-state index is 0.0701. The Labute approximate surface area is 189 Å². The number of carboxylic acid groups (broad SMARTS) is 1. The number of aldehydes is 1. The van der Waals surface area contributed by atoms with E-state index in [0.29, 0.717) is 37.0 Å². The molecule has 1 heterocycles. The number of carboxylic acids is 1. The first kappa shape index (κ1) is 23.1. The molecule has 32 heavy (non-hydrogen) atoms. The van der Waals surface area contributed by atoms with Gasteiger partial charge in [-0.15, -0.1) is 0 Å². The van der Waals surface area contributed by atoms with Crippen molar-refractivity contribution in [2.45, 2.75) is 70.1 Å². The molecule has 0 amide bonds. The molecule has 4 rings (SSSR count). The molecular formula is C25H35NO6. The molecule has 4 atom stereocenters. The van der Waals surface area contributed by atoms with E-state index in [2.05, 4.69) is 0 Å². The van der Waals surface area contributed by atoms with Crippen molar-refractivity contribution >= 4 is 12.3 Å². The molecule has 176 valence electrons. The van der Waals surface area contributed by atoms with Gasteiger partial charge in [0.2, 0.25) is 0 Å². The minimum atomic E-state index is -1.01. The number of carbonyl (C=O) groups is 2. The molecule has 0 bridgehead atoms. The highest BCUT2D eigenvalue weighted by molar-refractivity contribution is 5.77. The van der Waals surface area contributed by atoms with Gasteiger partial charge in [-0.25, -0.2) is 0 Å². The molecule has 2 saturated carbocycles. The number of aliphatic carboxylic acids is 1. The third-order valence-corrected chi connectivity index (χ3v) is 7.78. The smallest absolute Gasteiger partial charge is 0.321 e. The lowest BCUT2D eigenvalue weighted by molar-refractivity contribution is -0.144. The maximum Gasteiger partial charge on any atom is 0.321 e. The molecule has 1 aromatic rings. The Bertz CT molecular complexity index is 837. The maximum atomic E-state index is 11.8. The number of hydrogen-bond donors (Lipinski definition) is 2. The van der Waals surface area contributed by atoms with Crippen molar-refractivity contribution in [3.63, 3.8) is 0 Å². The Kier molecular flexibility index (Phi) is 6.50. The van der Waals surface area contributed by atoms with Crippen molar-refractivity contribution in [2.75, 3.05) is 20.2 Å². The molecule has 0 spiro atoms. The highest BCUT2D eigenvalue weighted by Crippen LogP contribution is 2.50. The molecule has 0 radical (unpaired) electrons. The van der Waals surface area contributed by atoms with E-state index in [4.69, 9.17) is 9.47 Å². The monoisotopic (exact) mass is 445 g/mol. The van der Waals surface area contributed by atoms with Gasteiger partial charge >= 0.3 is 5.97 Å². The number of aliphatic hydroxyl groups is 1. The summed E-state index contributed by atoms with van der Waals surface area (Å²) in [5, 5.41) is 20.3. The summed E-state index contributed by atoms with van der Waals surface area (Å²) in [4.78, 5) is 24.7. The quantitative estimate of drug-likeness (QED) is 0.505. The van der Waals surface area contributed by atoms with Crippen molar-refractivity contribution < 1.29 is 29.3 Å². The SMILES string of the molecule is COc1ccc([C@@H]2CN(C(CC=O)C(=O)O)C[C@@]2(C)[C@@H](C)O)cc1OC(C1CC1)C1CC1.